The third kappa shape index (κ3) is 3.83. The second-order valence-electron chi connectivity index (χ2n) is 8.49. The number of aromatic nitrogens is 1. The van der Waals surface area contributed by atoms with Gasteiger partial charge in [0.2, 0.25) is 6.79 Å². The monoisotopic (exact) mass is 444 g/mol. The van der Waals surface area contributed by atoms with Crippen molar-refractivity contribution in [1.82, 2.24) is 9.47 Å². The predicted molar refractivity (Wildman–Crippen MR) is 111 cm³/mol. The Morgan fingerprint density at radius 2 is 1.72 bits per heavy atom. The number of fused-ring (bicyclic) bond motifs is 2. The molecule has 0 spiro atoms. The number of esters is 1. The minimum absolute atomic E-state index is 0.00235. The summed E-state index contributed by atoms with van der Waals surface area (Å²) < 4.78 is 23.0. The molecule has 2 aliphatic heterocycles. The highest BCUT2D eigenvalue weighted by atomic mass is 16.7. The minimum atomic E-state index is -1.14. The number of ether oxygens (including phenoxy) is 4. The maximum atomic E-state index is 12.6. The molecule has 4 rings (SSSR count). The topological polar surface area (TPSA) is 117 Å². The third-order valence-corrected chi connectivity index (χ3v) is 5.22. The van der Waals surface area contributed by atoms with Crippen molar-refractivity contribution in [3.63, 3.8) is 0 Å². The van der Waals surface area contributed by atoms with Crippen molar-refractivity contribution < 1.29 is 38.4 Å². The molecule has 3 heterocycles. The molecule has 0 saturated carbocycles. The first-order chi connectivity index (χ1) is 15.1. The van der Waals surface area contributed by atoms with Gasteiger partial charge in [0, 0.05) is 18.7 Å². The Kier molecular flexibility index (Phi) is 5.23. The number of benzene rings is 1. The zero-order valence-electron chi connectivity index (χ0n) is 18.3. The van der Waals surface area contributed by atoms with Gasteiger partial charge in [-0.05, 0) is 39.0 Å². The lowest BCUT2D eigenvalue weighted by atomic mass is 10.0. The van der Waals surface area contributed by atoms with Crippen molar-refractivity contribution in [3.8, 4) is 22.8 Å². The predicted octanol–water partition coefficient (Wildman–Crippen LogP) is 3.12. The molecule has 10 heteroatoms. The van der Waals surface area contributed by atoms with Crippen molar-refractivity contribution in [2.45, 2.75) is 39.5 Å². The molecule has 0 radical (unpaired) electrons. The van der Waals surface area contributed by atoms with Crippen molar-refractivity contribution in [2.75, 3.05) is 20.4 Å². The Morgan fingerprint density at radius 1 is 1.03 bits per heavy atom. The number of methoxy groups -OCH3 is 1. The summed E-state index contributed by atoms with van der Waals surface area (Å²) in [7, 11) is 1.27. The van der Waals surface area contributed by atoms with Crippen LogP contribution in [-0.4, -0.2) is 58.7 Å². The molecule has 0 bridgehead atoms. The van der Waals surface area contributed by atoms with Crippen LogP contribution in [0.25, 0.3) is 11.3 Å². The maximum Gasteiger partial charge on any atom is 0.410 e. The Labute approximate surface area is 184 Å². The summed E-state index contributed by atoms with van der Waals surface area (Å²) in [4.78, 5) is 38.6. The normalized spacial score (nSPS) is 14.7. The minimum Gasteiger partial charge on any atom is -0.478 e. The van der Waals surface area contributed by atoms with Gasteiger partial charge in [0.15, 0.2) is 11.5 Å². The number of carboxylic acids is 1. The van der Waals surface area contributed by atoms with Gasteiger partial charge in [0.25, 0.3) is 0 Å². The van der Waals surface area contributed by atoms with Crippen molar-refractivity contribution in [1.29, 1.82) is 0 Å². The number of hydrogen-bond donors (Lipinski definition) is 1. The first-order valence-electron chi connectivity index (χ1n) is 10.0. The Balaban J connectivity index is 1.80. The van der Waals surface area contributed by atoms with Crippen LogP contribution >= 0.6 is 0 Å². The number of carbonyl (C=O) groups excluding carboxylic acids is 2. The summed E-state index contributed by atoms with van der Waals surface area (Å²) in [5.41, 5.74) is 1.04. The molecule has 32 heavy (non-hydrogen) atoms. The number of amides is 1. The number of nitrogens with zero attached hydrogens (tertiary/aromatic N) is 2. The molecule has 1 N–H and O–H groups in total. The van der Waals surface area contributed by atoms with Crippen LogP contribution in [-0.2, 0) is 22.6 Å². The quantitative estimate of drug-likeness (QED) is 0.718. The van der Waals surface area contributed by atoms with Crippen LogP contribution < -0.4 is 9.47 Å². The largest absolute Gasteiger partial charge is 0.478 e. The summed E-state index contributed by atoms with van der Waals surface area (Å²) in [6.45, 7) is 6.13. The molecular formula is C22H24N2O8. The van der Waals surface area contributed by atoms with E-state index in [-0.39, 0.29) is 24.5 Å². The molecule has 0 fully saturated rings. The first-order valence-corrected chi connectivity index (χ1v) is 10.0. The summed E-state index contributed by atoms with van der Waals surface area (Å²) in [5, 5.41) is 9.78. The fourth-order valence-corrected chi connectivity index (χ4v) is 3.82. The van der Waals surface area contributed by atoms with E-state index in [0.29, 0.717) is 41.5 Å². The van der Waals surface area contributed by atoms with Gasteiger partial charge < -0.3 is 33.5 Å². The smallest absolute Gasteiger partial charge is 0.410 e. The number of rotatable bonds is 3. The lowest BCUT2D eigenvalue weighted by molar-refractivity contribution is 0.0196. The van der Waals surface area contributed by atoms with Crippen LogP contribution in [0.3, 0.4) is 0 Å². The molecule has 1 aromatic carbocycles. The lowest BCUT2D eigenvalue weighted by Gasteiger charge is -2.32. The Morgan fingerprint density at radius 3 is 2.34 bits per heavy atom. The van der Waals surface area contributed by atoms with E-state index in [1.807, 2.05) is 4.57 Å². The van der Waals surface area contributed by atoms with Gasteiger partial charge in [-0.3, -0.25) is 0 Å². The number of aromatic carboxylic acids is 1. The van der Waals surface area contributed by atoms with Crippen molar-refractivity contribution in [2.24, 2.45) is 0 Å². The number of hydrogen-bond acceptors (Lipinski definition) is 7. The molecule has 0 saturated heterocycles. The fourth-order valence-electron chi connectivity index (χ4n) is 3.82. The number of carboxylic acid groups (broad SMARTS) is 1. The van der Waals surface area contributed by atoms with E-state index in [1.165, 1.54) is 18.1 Å². The summed E-state index contributed by atoms with van der Waals surface area (Å²) in [5.74, 6) is -0.949. The van der Waals surface area contributed by atoms with Gasteiger partial charge in [0.05, 0.1) is 36.2 Å². The van der Waals surface area contributed by atoms with Gasteiger partial charge >= 0.3 is 18.0 Å². The van der Waals surface area contributed by atoms with Gasteiger partial charge in [-0.1, -0.05) is 0 Å². The van der Waals surface area contributed by atoms with Gasteiger partial charge in [0.1, 0.15) is 5.60 Å². The maximum absolute atomic E-state index is 12.6. The van der Waals surface area contributed by atoms with Gasteiger partial charge in [-0.25, -0.2) is 14.4 Å². The molecule has 10 nitrogen and oxygen atoms in total. The molecule has 0 aliphatic carbocycles. The second kappa shape index (κ2) is 7.77. The standard InChI is InChI=1S/C22H24N2O8/c1-22(2,3)32-21(28)23-5-6-24-15(7-14(16(24)10-23)20(27)29-4)12-8-17-18(31-11-30-17)9-13(12)19(25)26/h7-9H,5-6,10-11H2,1-4H3,(H,25,26). The Bertz CT molecular complexity index is 1110. The molecule has 1 amide bonds. The highest BCUT2D eigenvalue weighted by molar-refractivity contribution is 5.99. The third-order valence-electron chi connectivity index (χ3n) is 5.22. The summed E-state index contributed by atoms with van der Waals surface area (Å²) in [6.07, 6.45) is -0.489. The van der Waals surface area contributed by atoms with E-state index in [0.717, 1.165) is 0 Å². The van der Waals surface area contributed by atoms with Crippen LogP contribution in [0.1, 0.15) is 47.2 Å². The molecule has 2 aromatic rings. The average molecular weight is 444 g/mol. The van der Waals surface area contributed by atoms with E-state index >= 15 is 0 Å². The molecular weight excluding hydrogens is 420 g/mol. The fraction of sp³-hybridized carbons (Fsp3) is 0.409. The van der Waals surface area contributed by atoms with Crippen molar-refractivity contribution in [3.05, 3.63) is 35.0 Å². The average Bonchev–Trinajstić information content (AvgIpc) is 3.34. The van der Waals surface area contributed by atoms with Gasteiger partial charge in [-0.15, -0.1) is 0 Å². The summed E-state index contributed by atoms with van der Waals surface area (Å²) >= 11 is 0. The first kappa shape index (κ1) is 21.5. The van der Waals surface area contributed by atoms with Crippen LogP contribution in [0, 0.1) is 0 Å². The van der Waals surface area contributed by atoms with E-state index < -0.39 is 23.6 Å². The molecule has 0 unspecified atom stereocenters. The Hall–Kier alpha value is -3.69. The highest BCUT2D eigenvalue weighted by Crippen LogP contribution is 2.40. The summed E-state index contributed by atoms with van der Waals surface area (Å²) in [6, 6.07) is 4.59. The van der Waals surface area contributed by atoms with Gasteiger partial charge in [-0.2, -0.15) is 0 Å². The number of carbonyl (C=O) groups is 3. The lowest BCUT2D eigenvalue weighted by Crippen LogP contribution is -2.41. The zero-order chi connectivity index (χ0) is 23.2. The van der Waals surface area contributed by atoms with Crippen molar-refractivity contribution >= 4 is 18.0 Å². The van der Waals surface area contributed by atoms with E-state index in [9.17, 15) is 19.5 Å². The van der Waals surface area contributed by atoms with E-state index in [2.05, 4.69) is 0 Å². The SMILES string of the molecule is COC(=O)c1cc(-c2cc3c(cc2C(=O)O)OCO3)n2c1CN(C(=O)OC(C)(C)C)CC2. The van der Waals surface area contributed by atoms with Crippen LogP contribution in [0.4, 0.5) is 4.79 Å². The molecule has 170 valence electrons. The molecule has 0 atom stereocenters. The second-order valence-corrected chi connectivity index (χ2v) is 8.49. The van der Waals surface area contributed by atoms with E-state index in [4.69, 9.17) is 18.9 Å². The molecule has 2 aliphatic rings. The molecule has 1 aromatic heterocycles. The van der Waals surface area contributed by atoms with E-state index in [1.54, 1.807) is 32.9 Å². The van der Waals surface area contributed by atoms with Crippen LogP contribution in [0.2, 0.25) is 0 Å². The van der Waals surface area contributed by atoms with Crippen LogP contribution in [0.5, 0.6) is 11.5 Å². The van der Waals surface area contributed by atoms with Crippen LogP contribution in [0.15, 0.2) is 18.2 Å². The zero-order valence-corrected chi connectivity index (χ0v) is 18.3. The highest BCUT2D eigenvalue weighted by Gasteiger charge is 2.33.